The number of nitriles is 1. The maximum absolute atomic E-state index is 12.3. The number of nitrogens with one attached hydrogen (secondary N) is 1. The number of ether oxygens (including phenoxy) is 1. The number of carbonyl (C=O) groups is 1. The molecule has 0 bridgehead atoms. The van der Waals surface area contributed by atoms with Gasteiger partial charge in [0.1, 0.15) is 17.4 Å². The molecule has 0 spiro atoms. The summed E-state index contributed by atoms with van der Waals surface area (Å²) in [6, 6.07) is 2.46. The predicted octanol–water partition coefficient (Wildman–Crippen LogP) is 1.36. The Morgan fingerprint density at radius 2 is 2.21 bits per heavy atom. The van der Waals surface area contributed by atoms with Crippen LogP contribution in [-0.4, -0.2) is 68.2 Å². The first-order valence-electron chi connectivity index (χ1n) is 8.21. The van der Waals surface area contributed by atoms with Crippen molar-refractivity contribution in [1.82, 2.24) is 9.80 Å². The second-order valence-corrected chi connectivity index (χ2v) is 6.26. The Morgan fingerprint density at radius 3 is 2.83 bits per heavy atom. The monoisotopic (exact) mass is 334 g/mol. The molecule has 1 aromatic heterocycles. The van der Waals surface area contributed by atoms with Gasteiger partial charge in [0, 0.05) is 44.9 Å². The molecule has 1 atom stereocenters. The van der Waals surface area contributed by atoms with Crippen molar-refractivity contribution < 1.29 is 13.9 Å². The van der Waals surface area contributed by atoms with Crippen LogP contribution >= 0.6 is 0 Å². The summed E-state index contributed by atoms with van der Waals surface area (Å²) in [4.78, 5) is 16.8. The van der Waals surface area contributed by atoms with Gasteiger partial charge in [0.2, 0.25) is 11.8 Å². The van der Waals surface area contributed by atoms with E-state index in [9.17, 15) is 10.1 Å². The van der Waals surface area contributed by atoms with E-state index in [1.807, 2.05) is 6.92 Å². The standard InChI is InChI=1S/C17H26N4O3/c1-12-10-20(5-6-21(12)7-8-23-4)11-16(22)19-17-15(9-18)13(2)14(3)24-17/h12H,5-8,10-11H2,1-4H3,(H,19,22)/t12-/m1/s1. The summed E-state index contributed by atoms with van der Waals surface area (Å²) in [6.07, 6.45) is 0. The molecule has 1 fully saturated rings. The summed E-state index contributed by atoms with van der Waals surface area (Å²) in [5.41, 5.74) is 1.17. The van der Waals surface area contributed by atoms with Gasteiger partial charge >= 0.3 is 0 Å². The van der Waals surface area contributed by atoms with Gasteiger partial charge in [-0.1, -0.05) is 0 Å². The van der Waals surface area contributed by atoms with E-state index < -0.39 is 0 Å². The van der Waals surface area contributed by atoms with E-state index in [-0.39, 0.29) is 11.8 Å². The maximum Gasteiger partial charge on any atom is 0.240 e. The number of furan rings is 1. The average Bonchev–Trinajstić information content (AvgIpc) is 2.80. The molecule has 1 amide bonds. The summed E-state index contributed by atoms with van der Waals surface area (Å²) in [5, 5.41) is 11.9. The lowest BCUT2D eigenvalue weighted by molar-refractivity contribution is -0.118. The number of hydrogen-bond acceptors (Lipinski definition) is 6. The minimum Gasteiger partial charge on any atom is -0.444 e. The first-order valence-corrected chi connectivity index (χ1v) is 8.21. The molecule has 24 heavy (non-hydrogen) atoms. The molecule has 2 rings (SSSR count). The number of nitrogens with zero attached hydrogens (tertiary/aromatic N) is 3. The minimum atomic E-state index is -0.155. The zero-order chi connectivity index (χ0) is 17.7. The van der Waals surface area contributed by atoms with E-state index in [1.165, 1.54) is 0 Å². The van der Waals surface area contributed by atoms with Crippen LogP contribution in [0.2, 0.25) is 0 Å². The van der Waals surface area contributed by atoms with Gasteiger partial charge in [-0.25, -0.2) is 0 Å². The van der Waals surface area contributed by atoms with Crippen LogP contribution in [0.25, 0.3) is 0 Å². The third kappa shape index (κ3) is 4.35. The van der Waals surface area contributed by atoms with Crippen LogP contribution in [0.4, 0.5) is 5.88 Å². The number of aryl methyl sites for hydroxylation is 1. The number of rotatable bonds is 6. The van der Waals surface area contributed by atoms with Crippen LogP contribution in [0.1, 0.15) is 23.8 Å². The van der Waals surface area contributed by atoms with Crippen LogP contribution in [-0.2, 0) is 9.53 Å². The Kier molecular flexibility index (Phi) is 6.37. The quantitative estimate of drug-likeness (QED) is 0.846. The van der Waals surface area contributed by atoms with Crippen LogP contribution in [0.15, 0.2) is 4.42 Å². The van der Waals surface area contributed by atoms with Crippen molar-refractivity contribution in [3.8, 4) is 6.07 Å². The molecular weight excluding hydrogens is 308 g/mol. The van der Waals surface area contributed by atoms with Gasteiger partial charge in [0.05, 0.1) is 13.2 Å². The van der Waals surface area contributed by atoms with Crippen molar-refractivity contribution in [3.63, 3.8) is 0 Å². The third-order valence-corrected chi connectivity index (χ3v) is 4.55. The molecule has 0 radical (unpaired) electrons. The minimum absolute atomic E-state index is 0.155. The zero-order valence-corrected chi connectivity index (χ0v) is 14.9. The maximum atomic E-state index is 12.3. The zero-order valence-electron chi connectivity index (χ0n) is 14.9. The largest absolute Gasteiger partial charge is 0.444 e. The third-order valence-electron chi connectivity index (χ3n) is 4.55. The van der Waals surface area contributed by atoms with Crippen molar-refractivity contribution in [2.45, 2.75) is 26.8 Å². The molecule has 1 aromatic rings. The Morgan fingerprint density at radius 1 is 1.46 bits per heavy atom. The average molecular weight is 334 g/mol. The number of amides is 1. The fraction of sp³-hybridized carbons (Fsp3) is 0.647. The second kappa shape index (κ2) is 8.29. The number of hydrogen-bond donors (Lipinski definition) is 1. The fourth-order valence-electron chi connectivity index (χ4n) is 2.97. The van der Waals surface area contributed by atoms with Crippen LogP contribution < -0.4 is 5.32 Å². The SMILES string of the molecule is COCCN1CCN(CC(=O)Nc2oc(C)c(C)c2C#N)C[C@H]1C. The first-order chi connectivity index (χ1) is 11.5. The number of piperazine rings is 1. The molecule has 1 aliphatic rings. The number of carbonyl (C=O) groups excluding carboxylic acids is 1. The van der Waals surface area contributed by atoms with Gasteiger partial charge in [-0.15, -0.1) is 0 Å². The highest BCUT2D eigenvalue weighted by Gasteiger charge is 2.25. The van der Waals surface area contributed by atoms with E-state index in [0.717, 1.165) is 38.3 Å². The Labute approximate surface area is 143 Å². The van der Waals surface area contributed by atoms with Gasteiger partial charge in [0.25, 0.3) is 0 Å². The Bertz CT molecular complexity index is 620. The van der Waals surface area contributed by atoms with Gasteiger partial charge in [-0.05, 0) is 20.8 Å². The lowest BCUT2D eigenvalue weighted by atomic mass is 10.2. The molecule has 0 saturated carbocycles. The summed E-state index contributed by atoms with van der Waals surface area (Å²) >= 11 is 0. The Balaban J connectivity index is 1.88. The number of methoxy groups -OCH3 is 1. The molecule has 7 heteroatoms. The lowest BCUT2D eigenvalue weighted by Gasteiger charge is -2.39. The lowest BCUT2D eigenvalue weighted by Crippen LogP contribution is -2.54. The van der Waals surface area contributed by atoms with E-state index in [4.69, 9.17) is 9.15 Å². The van der Waals surface area contributed by atoms with Gasteiger partial charge in [-0.3, -0.25) is 19.9 Å². The summed E-state index contributed by atoms with van der Waals surface area (Å²) < 4.78 is 10.6. The second-order valence-electron chi connectivity index (χ2n) is 6.26. The summed E-state index contributed by atoms with van der Waals surface area (Å²) in [6.45, 7) is 10.3. The van der Waals surface area contributed by atoms with E-state index >= 15 is 0 Å². The topological polar surface area (TPSA) is 81.7 Å². The van der Waals surface area contributed by atoms with Gasteiger partial charge < -0.3 is 9.15 Å². The first kappa shape index (κ1) is 18.5. The molecule has 1 saturated heterocycles. The molecule has 0 aliphatic carbocycles. The van der Waals surface area contributed by atoms with E-state index in [2.05, 4.69) is 28.1 Å². The fourth-order valence-corrected chi connectivity index (χ4v) is 2.97. The summed E-state index contributed by atoms with van der Waals surface area (Å²) in [5.74, 6) is 0.754. The van der Waals surface area contributed by atoms with Crippen molar-refractivity contribution in [2.24, 2.45) is 0 Å². The van der Waals surface area contributed by atoms with Crippen molar-refractivity contribution in [1.29, 1.82) is 5.26 Å². The molecule has 2 heterocycles. The summed E-state index contributed by atoms with van der Waals surface area (Å²) in [7, 11) is 1.71. The smallest absolute Gasteiger partial charge is 0.240 e. The normalized spacial score (nSPS) is 19.2. The van der Waals surface area contributed by atoms with Crippen LogP contribution in [0, 0.1) is 25.2 Å². The molecule has 132 valence electrons. The highest BCUT2D eigenvalue weighted by atomic mass is 16.5. The van der Waals surface area contributed by atoms with Crippen molar-refractivity contribution in [2.75, 3.05) is 51.8 Å². The molecule has 0 unspecified atom stereocenters. The van der Waals surface area contributed by atoms with Gasteiger partial charge in [0.15, 0.2) is 0 Å². The van der Waals surface area contributed by atoms with E-state index in [1.54, 1.807) is 14.0 Å². The van der Waals surface area contributed by atoms with E-state index in [0.29, 0.717) is 23.9 Å². The molecule has 1 N–H and O–H groups in total. The van der Waals surface area contributed by atoms with Crippen LogP contribution in [0.5, 0.6) is 0 Å². The Hall–Kier alpha value is -1.88. The molecule has 1 aliphatic heterocycles. The highest BCUT2D eigenvalue weighted by Crippen LogP contribution is 2.25. The van der Waals surface area contributed by atoms with Gasteiger partial charge in [-0.2, -0.15) is 5.26 Å². The van der Waals surface area contributed by atoms with Crippen molar-refractivity contribution >= 4 is 11.8 Å². The predicted molar refractivity (Wildman–Crippen MR) is 90.9 cm³/mol. The molecule has 0 aromatic carbocycles. The van der Waals surface area contributed by atoms with Crippen molar-refractivity contribution in [3.05, 3.63) is 16.9 Å². The highest BCUT2D eigenvalue weighted by molar-refractivity contribution is 5.92. The molecular formula is C17H26N4O3. The molecule has 7 nitrogen and oxygen atoms in total. The van der Waals surface area contributed by atoms with Crippen LogP contribution in [0.3, 0.4) is 0 Å². The number of anilines is 1.